The number of nitrogens with zero attached hydrogens (tertiary/aromatic N) is 2. The highest BCUT2D eigenvalue weighted by Gasteiger charge is 2.19. The Morgan fingerprint density at radius 3 is 2.58 bits per heavy atom. The molecule has 1 amide bonds. The quantitative estimate of drug-likeness (QED) is 0.430. The molecular weight excluding hydrogens is 445 g/mol. The van der Waals surface area contributed by atoms with Gasteiger partial charge in [-0.05, 0) is 63.4 Å². The van der Waals surface area contributed by atoms with Crippen LogP contribution in [0.15, 0.2) is 36.7 Å². The average molecular weight is 474 g/mol. The van der Waals surface area contributed by atoms with Gasteiger partial charge in [-0.3, -0.25) is 4.79 Å². The molecule has 0 aliphatic carbocycles. The molecular formula is C23H28FN5O3S. The van der Waals surface area contributed by atoms with Crippen molar-refractivity contribution in [1.82, 2.24) is 15.3 Å². The van der Waals surface area contributed by atoms with Crippen LogP contribution in [0.25, 0.3) is 10.9 Å². The maximum Gasteiger partial charge on any atom is 0.260 e. The third-order valence-corrected chi connectivity index (χ3v) is 5.24. The Kier molecular flexibility index (Phi) is 7.06. The van der Waals surface area contributed by atoms with Crippen molar-refractivity contribution in [3.05, 3.63) is 48.0 Å². The number of ether oxygens (including phenoxy) is 1. The molecule has 0 aliphatic heterocycles. The molecule has 3 aromatic rings. The minimum atomic E-state index is -2.45. The molecule has 1 heterocycles. The summed E-state index contributed by atoms with van der Waals surface area (Å²) >= 11 is 0. The van der Waals surface area contributed by atoms with E-state index in [-0.39, 0.29) is 17.7 Å². The number of hydrogen-bond donors (Lipinski definition) is 3. The second-order valence-electron chi connectivity index (χ2n) is 8.21. The molecule has 176 valence electrons. The van der Waals surface area contributed by atoms with Gasteiger partial charge in [0.2, 0.25) is 0 Å². The van der Waals surface area contributed by atoms with Gasteiger partial charge < -0.3 is 20.1 Å². The summed E-state index contributed by atoms with van der Waals surface area (Å²) < 4.78 is 34.7. The standard InChI is InChI=1S/C23H28FN5O3S/c1-13(2)27-23(30)15(4)32-20-10-16(24)7-8-18(20)28-22-21-14(3)9-17(29-33(5,6)31)11-19(21)25-12-26-22/h7-13,15H,5H2,1-4,6H3,(H,27,30)(H,29,31)(H,25,26,28)/t15-,33?/m1/s1. The van der Waals surface area contributed by atoms with Crippen molar-refractivity contribution in [1.29, 1.82) is 0 Å². The maximum atomic E-state index is 14.0. The molecule has 2 atom stereocenters. The van der Waals surface area contributed by atoms with Crippen molar-refractivity contribution in [3.63, 3.8) is 0 Å². The van der Waals surface area contributed by atoms with Crippen LogP contribution in [0.1, 0.15) is 26.3 Å². The normalized spacial score (nSPS) is 13.9. The van der Waals surface area contributed by atoms with Gasteiger partial charge in [0.25, 0.3) is 5.91 Å². The van der Waals surface area contributed by atoms with Crippen molar-refractivity contribution in [2.45, 2.75) is 39.8 Å². The van der Waals surface area contributed by atoms with Crippen LogP contribution in [0.3, 0.4) is 0 Å². The number of rotatable bonds is 8. The van der Waals surface area contributed by atoms with Crippen LogP contribution >= 0.6 is 0 Å². The Hall–Kier alpha value is -3.40. The van der Waals surface area contributed by atoms with Crippen LogP contribution in [-0.4, -0.2) is 44.4 Å². The van der Waals surface area contributed by atoms with Crippen molar-refractivity contribution in [3.8, 4) is 5.75 Å². The second-order valence-corrected chi connectivity index (χ2v) is 10.4. The fraction of sp³-hybridized carbons (Fsp3) is 0.304. The Morgan fingerprint density at radius 1 is 1.18 bits per heavy atom. The number of amides is 1. The molecule has 1 aromatic heterocycles. The zero-order valence-corrected chi connectivity index (χ0v) is 20.0. The number of fused-ring (bicyclic) bond motifs is 1. The summed E-state index contributed by atoms with van der Waals surface area (Å²) in [6.07, 6.45) is 2.07. The number of benzene rings is 2. The van der Waals surface area contributed by atoms with Crippen molar-refractivity contribution in [2.75, 3.05) is 16.3 Å². The third-order valence-electron chi connectivity index (χ3n) is 4.57. The lowest BCUT2D eigenvalue weighted by atomic mass is 10.1. The summed E-state index contributed by atoms with van der Waals surface area (Å²) in [5.41, 5.74) is 2.52. The van der Waals surface area contributed by atoms with Gasteiger partial charge in [-0.2, -0.15) is 0 Å². The molecule has 0 fully saturated rings. The second kappa shape index (κ2) is 9.62. The molecule has 0 aliphatic rings. The highest BCUT2D eigenvalue weighted by Crippen LogP contribution is 2.33. The van der Waals surface area contributed by atoms with Crippen molar-refractivity contribution in [2.24, 2.45) is 0 Å². The summed E-state index contributed by atoms with van der Waals surface area (Å²) in [5.74, 6) is 3.47. The van der Waals surface area contributed by atoms with Gasteiger partial charge >= 0.3 is 0 Å². The first-order valence-electron chi connectivity index (χ1n) is 10.3. The summed E-state index contributed by atoms with van der Waals surface area (Å²) in [6.45, 7) is 7.17. The number of halogens is 1. The molecule has 3 N–H and O–H groups in total. The zero-order valence-electron chi connectivity index (χ0n) is 19.2. The number of nitrogens with one attached hydrogen (secondary N) is 3. The Morgan fingerprint density at radius 2 is 1.91 bits per heavy atom. The van der Waals surface area contributed by atoms with Crippen LogP contribution in [0, 0.1) is 12.7 Å². The molecule has 0 saturated heterocycles. The molecule has 33 heavy (non-hydrogen) atoms. The van der Waals surface area contributed by atoms with Crippen LogP contribution in [0.2, 0.25) is 0 Å². The van der Waals surface area contributed by atoms with Crippen LogP contribution in [-0.2, 0) is 14.5 Å². The highest BCUT2D eigenvalue weighted by atomic mass is 32.2. The fourth-order valence-corrected chi connectivity index (χ4v) is 3.88. The Balaban J connectivity index is 1.96. The van der Waals surface area contributed by atoms with E-state index in [2.05, 4.69) is 31.2 Å². The van der Waals surface area contributed by atoms with Gasteiger partial charge in [-0.1, -0.05) is 0 Å². The number of anilines is 3. The lowest BCUT2D eigenvalue weighted by Crippen LogP contribution is -2.40. The Labute approximate surface area is 193 Å². The van der Waals surface area contributed by atoms with E-state index < -0.39 is 21.6 Å². The van der Waals surface area contributed by atoms with Gasteiger partial charge in [-0.25, -0.2) is 18.6 Å². The number of carbonyl (C=O) groups is 1. The van der Waals surface area contributed by atoms with Gasteiger partial charge in [0, 0.05) is 39.1 Å². The van der Waals surface area contributed by atoms with E-state index in [1.54, 1.807) is 13.0 Å². The van der Waals surface area contributed by atoms with E-state index in [4.69, 9.17) is 4.74 Å². The SMILES string of the molecule is C=S(C)(=O)Nc1cc(C)c2c(Nc3ccc(F)cc3O[C@H](C)C(=O)NC(C)C)ncnc2c1. The average Bonchev–Trinajstić information content (AvgIpc) is 2.68. The minimum absolute atomic E-state index is 0.0482. The molecule has 2 aromatic carbocycles. The van der Waals surface area contributed by atoms with Crippen molar-refractivity contribution >= 4 is 49.6 Å². The van der Waals surface area contributed by atoms with E-state index in [1.165, 1.54) is 30.8 Å². The van der Waals surface area contributed by atoms with Gasteiger partial charge in [0.15, 0.2) is 6.10 Å². The smallest absolute Gasteiger partial charge is 0.260 e. The van der Waals surface area contributed by atoms with Crippen LogP contribution < -0.4 is 20.1 Å². The van der Waals surface area contributed by atoms with E-state index in [0.29, 0.717) is 22.7 Å². The highest BCUT2D eigenvalue weighted by molar-refractivity contribution is 8.00. The third kappa shape index (κ3) is 6.32. The molecule has 8 nitrogen and oxygen atoms in total. The monoisotopic (exact) mass is 473 g/mol. The van der Waals surface area contributed by atoms with E-state index in [1.807, 2.05) is 26.8 Å². The summed E-state index contributed by atoms with van der Waals surface area (Å²) in [6, 6.07) is 7.55. The first kappa shape index (κ1) is 24.2. The first-order chi connectivity index (χ1) is 15.4. The number of aromatic nitrogens is 2. The predicted octanol–water partition coefficient (Wildman–Crippen LogP) is 3.79. The lowest BCUT2D eigenvalue weighted by Gasteiger charge is -2.19. The molecule has 1 unspecified atom stereocenters. The summed E-state index contributed by atoms with van der Waals surface area (Å²) in [4.78, 5) is 20.9. The van der Waals surface area contributed by atoms with E-state index in [9.17, 15) is 13.4 Å². The number of carbonyl (C=O) groups excluding carboxylic acids is 1. The molecule has 10 heteroatoms. The van der Waals surface area contributed by atoms with E-state index in [0.717, 1.165) is 10.9 Å². The van der Waals surface area contributed by atoms with Gasteiger partial charge in [0.1, 0.15) is 23.7 Å². The zero-order chi connectivity index (χ0) is 24.3. The maximum absolute atomic E-state index is 14.0. The van der Waals surface area contributed by atoms with Gasteiger partial charge in [-0.15, -0.1) is 0 Å². The largest absolute Gasteiger partial charge is 0.479 e. The molecule has 0 saturated carbocycles. The number of aryl methyl sites for hydroxylation is 1. The predicted molar refractivity (Wildman–Crippen MR) is 132 cm³/mol. The minimum Gasteiger partial charge on any atom is -0.479 e. The van der Waals surface area contributed by atoms with E-state index >= 15 is 0 Å². The van der Waals surface area contributed by atoms with Gasteiger partial charge in [0.05, 0.1) is 11.2 Å². The number of hydrogen-bond acceptors (Lipinski definition) is 6. The molecule has 0 bridgehead atoms. The van der Waals surface area contributed by atoms with Crippen LogP contribution in [0.4, 0.5) is 21.6 Å². The molecule has 3 rings (SSSR count). The molecule has 0 spiro atoms. The Bertz CT molecular complexity index is 1290. The lowest BCUT2D eigenvalue weighted by molar-refractivity contribution is -0.127. The fourth-order valence-electron chi connectivity index (χ4n) is 3.27. The summed E-state index contributed by atoms with van der Waals surface area (Å²) in [5, 5.41) is 6.67. The summed E-state index contributed by atoms with van der Waals surface area (Å²) in [7, 11) is -2.45. The first-order valence-corrected chi connectivity index (χ1v) is 12.5. The topological polar surface area (TPSA) is 105 Å². The van der Waals surface area contributed by atoms with Crippen LogP contribution in [0.5, 0.6) is 5.75 Å². The van der Waals surface area contributed by atoms with Crippen molar-refractivity contribution < 1.29 is 18.1 Å². The molecule has 0 radical (unpaired) electrons.